The smallest absolute Gasteiger partial charge is 0.153 e. The highest BCUT2D eigenvalue weighted by Gasteiger charge is 2.54. The lowest BCUT2D eigenvalue weighted by atomic mass is 9.55. The number of carbonyl (C=O) groups excluding carboxylic acids is 1. The molecule has 3 aliphatic carbocycles. The van der Waals surface area contributed by atoms with E-state index < -0.39 is 0 Å². The Balaban J connectivity index is 1.74. The SMILES string of the molecule is C[C@]12CC[C@@H]3c4cc(C=O)c(O)cc4CC[C@H]3[C@@H]1CC[C@H]2O. The summed E-state index contributed by atoms with van der Waals surface area (Å²) in [6.07, 6.45) is 6.95. The third-order valence-electron chi connectivity index (χ3n) is 6.95. The van der Waals surface area contributed by atoms with Crippen molar-refractivity contribution < 1.29 is 15.0 Å². The number of phenols is 1. The van der Waals surface area contributed by atoms with E-state index >= 15 is 0 Å². The van der Waals surface area contributed by atoms with Crippen LogP contribution in [0.4, 0.5) is 0 Å². The zero-order chi connectivity index (χ0) is 15.5. The van der Waals surface area contributed by atoms with E-state index in [0.717, 1.165) is 44.8 Å². The van der Waals surface area contributed by atoms with Crippen LogP contribution in [0.3, 0.4) is 0 Å². The Kier molecular flexibility index (Phi) is 3.12. The molecule has 0 aliphatic heterocycles. The van der Waals surface area contributed by atoms with E-state index in [9.17, 15) is 15.0 Å². The van der Waals surface area contributed by atoms with Crippen LogP contribution in [-0.2, 0) is 6.42 Å². The summed E-state index contributed by atoms with van der Waals surface area (Å²) in [4.78, 5) is 11.2. The Morgan fingerprint density at radius 3 is 2.82 bits per heavy atom. The molecule has 3 heteroatoms. The molecule has 0 aromatic heterocycles. The zero-order valence-corrected chi connectivity index (χ0v) is 13.1. The number of hydrogen-bond acceptors (Lipinski definition) is 3. The normalized spacial score (nSPS) is 39.7. The average Bonchev–Trinajstić information content (AvgIpc) is 2.82. The molecule has 2 fully saturated rings. The molecule has 118 valence electrons. The predicted molar refractivity (Wildman–Crippen MR) is 84.1 cm³/mol. The van der Waals surface area contributed by atoms with Crippen molar-refractivity contribution >= 4 is 6.29 Å². The van der Waals surface area contributed by atoms with Crippen LogP contribution in [0.5, 0.6) is 5.75 Å². The maximum atomic E-state index is 11.2. The van der Waals surface area contributed by atoms with Crippen LogP contribution in [-0.4, -0.2) is 22.6 Å². The lowest BCUT2D eigenvalue weighted by Gasteiger charge is -2.50. The number of aldehydes is 1. The van der Waals surface area contributed by atoms with Crippen molar-refractivity contribution in [2.24, 2.45) is 17.3 Å². The van der Waals surface area contributed by atoms with Crippen LogP contribution < -0.4 is 0 Å². The van der Waals surface area contributed by atoms with Gasteiger partial charge in [-0.2, -0.15) is 0 Å². The molecule has 3 nitrogen and oxygen atoms in total. The summed E-state index contributed by atoms with van der Waals surface area (Å²) >= 11 is 0. The van der Waals surface area contributed by atoms with E-state index in [-0.39, 0.29) is 17.3 Å². The molecular formula is C19H24O3. The summed E-state index contributed by atoms with van der Waals surface area (Å²) in [6, 6.07) is 3.72. The van der Waals surface area contributed by atoms with Crippen molar-refractivity contribution in [1.29, 1.82) is 0 Å². The van der Waals surface area contributed by atoms with E-state index in [2.05, 4.69) is 6.92 Å². The third kappa shape index (κ3) is 1.81. The number of phenolic OH excluding ortho intramolecular Hbond substituents is 1. The minimum atomic E-state index is -0.148. The van der Waals surface area contributed by atoms with Gasteiger partial charge in [0.15, 0.2) is 6.29 Å². The van der Waals surface area contributed by atoms with E-state index in [1.807, 2.05) is 6.07 Å². The third-order valence-corrected chi connectivity index (χ3v) is 6.95. The molecule has 1 aromatic rings. The van der Waals surface area contributed by atoms with Gasteiger partial charge in [-0.15, -0.1) is 0 Å². The molecule has 4 rings (SSSR count). The summed E-state index contributed by atoms with van der Waals surface area (Å²) < 4.78 is 0. The average molecular weight is 300 g/mol. The summed E-state index contributed by atoms with van der Waals surface area (Å²) in [6.45, 7) is 2.27. The fraction of sp³-hybridized carbons (Fsp3) is 0.632. The highest BCUT2D eigenvalue weighted by atomic mass is 16.3. The fourth-order valence-electron chi connectivity index (χ4n) is 5.69. The van der Waals surface area contributed by atoms with Gasteiger partial charge < -0.3 is 10.2 Å². The number of aryl methyl sites for hydroxylation is 1. The van der Waals surface area contributed by atoms with Gasteiger partial charge in [0, 0.05) is 0 Å². The number of rotatable bonds is 1. The van der Waals surface area contributed by atoms with E-state index in [4.69, 9.17) is 0 Å². The van der Waals surface area contributed by atoms with Gasteiger partial charge in [-0.1, -0.05) is 6.92 Å². The van der Waals surface area contributed by atoms with Crippen molar-refractivity contribution in [2.75, 3.05) is 0 Å². The molecule has 1 aromatic carbocycles. The summed E-state index contributed by atoms with van der Waals surface area (Å²) in [5, 5.41) is 20.3. The van der Waals surface area contributed by atoms with E-state index in [1.165, 1.54) is 11.1 Å². The van der Waals surface area contributed by atoms with E-state index in [0.29, 0.717) is 23.3 Å². The number of aromatic hydroxyl groups is 1. The Labute approximate surface area is 131 Å². The van der Waals surface area contributed by atoms with Crippen molar-refractivity contribution in [3.63, 3.8) is 0 Å². The van der Waals surface area contributed by atoms with Crippen LogP contribution in [0.1, 0.15) is 66.4 Å². The predicted octanol–water partition coefficient (Wildman–Crippen LogP) is 3.42. The fourth-order valence-corrected chi connectivity index (χ4v) is 5.69. The number of aliphatic hydroxyl groups excluding tert-OH is 1. The Morgan fingerprint density at radius 2 is 2.05 bits per heavy atom. The van der Waals surface area contributed by atoms with Crippen molar-refractivity contribution in [2.45, 2.75) is 57.5 Å². The molecule has 22 heavy (non-hydrogen) atoms. The lowest BCUT2D eigenvalue weighted by Crippen LogP contribution is -2.43. The molecule has 0 bridgehead atoms. The summed E-state index contributed by atoms with van der Waals surface area (Å²) in [7, 11) is 0. The van der Waals surface area contributed by atoms with Gasteiger partial charge in [-0.3, -0.25) is 4.79 Å². The van der Waals surface area contributed by atoms with Gasteiger partial charge in [0.1, 0.15) is 5.75 Å². The second-order valence-corrected chi connectivity index (χ2v) is 7.78. The Morgan fingerprint density at radius 1 is 1.23 bits per heavy atom. The molecular weight excluding hydrogens is 276 g/mol. The van der Waals surface area contributed by atoms with Crippen LogP contribution >= 0.6 is 0 Å². The molecule has 2 N–H and O–H groups in total. The summed E-state index contributed by atoms with van der Waals surface area (Å²) in [5.41, 5.74) is 2.99. The molecule has 0 radical (unpaired) electrons. The molecule has 2 saturated carbocycles. The molecule has 3 aliphatic rings. The maximum Gasteiger partial charge on any atom is 0.153 e. The minimum Gasteiger partial charge on any atom is -0.507 e. The van der Waals surface area contributed by atoms with Gasteiger partial charge in [-0.25, -0.2) is 0 Å². The first-order valence-electron chi connectivity index (χ1n) is 8.53. The van der Waals surface area contributed by atoms with Gasteiger partial charge >= 0.3 is 0 Å². The standard InChI is InChI=1S/C19H24O3/c1-19-7-6-13-14(16(19)4-5-18(19)22)3-2-11-9-17(21)12(10-20)8-15(11)13/h8-10,13-14,16,18,21-22H,2-7H2,1H3/t13-,14+,16-,18+,19-/m0/s1. The molecule has 0 spiro atoms. The first-order valence-corrected chi connectivity index (χ1v) is 8.53. The monoisotopic (exact) mass is 300 g/mol. The van der Waals surface area contributed by atoms with Crippen molar-refractivity contribution in [3.8, 4) is 5.75 Å². The number of benzene rings is 1. The quantitative estimate of drug-likeness (QED) is 0.781. The Hall–Kier alpha value is -1.35. The Bertz CT molecular complexity index is 623. The van der Waals surface area contributed by atoms with Gasteiger partial charge in [0.25, 0.3) is 0 Å². The van der Waals surface area contributed by atoms with Crippen molar-refractivity contribution in [3.05, 3.63) is 28.8 Å². The highest BCUT2D eigenvalue weighted by Crippen LogP contribution is 2.61. The number of carbonyl (C=O) groups is 1. The van der Waals surface area contributed by atoms with Gasteiger partial charge in [-0.05, 0) is 85.0 Å². The lowest BCUT2D eigenvalue weighted by molar-refractivity contribution is -0.0226. The molecule has 0 unspecified atom stereocenters. The number of aliphatic hydroxyl groups is 1. The first-order chi connectivity index (χ1) is 10.5. The minimum absolute atomic E-state index is 0.0864. The summed E-state index contributed by atoms with van der Waals surface area (Å²) in [5.74, 6) is 1.82. The number of hydrogen-bond donors (Lipinski definition) is 2. The zero-order valence-electron chi connectivity index (χ0n) is 13.1. The van der Waals surface area contributed by atoms with Crippen LogP contribution in [0.15, 0.2) is 12.1 Å². The maximum absolute atomic E-state index is 11.2. The molecule has 0 saturated heterocycles. The number of fused-ring (bicyclic) bond motifs is 5. The second-order valence-electron chi connectivity index (χ2n) is 7.78. The second kappa shape index (κ2) is 4.82. The topological polar surface area (TPSA) is 57.5 Å². The molecule has 5 atom stereocenters. The molecule has 0 amide bonds. The van der Waals surface area contributed by atoms with Crippen LogP contribution in [0, 0.1) is 17.3 Å². The highest BCUT2D eigenvalue weighted by molar-refractivity contribution is 5.80. The largest absolute Gasteiger partial charge is 0.507 e. The van der Waals surface area contributed by atoms with E-state index in [1.54, 1.807) is 6.07 Å². The van der Waals surface area contributed by atoms with Crippen LogP contribution in [0.25, 0.3) is 0 Å². The van der Waals surface area contributed by atoms with Crippen molar-refractivity contribution in [1.82, 2.24) is 0 Å². The molecule has 0 heterocycles. The first kappa shape index (κ1) is 14.3. The van der Waals surface area contributed by atoms with Crippen LogP contribution in [0.2, 0.25) is 0 Å². The van der Waals surface area contributed by atoms with Gasteiger partial charge in [0.2, 0.25) is 0 Å². The van der Waals surface area contributed by atoms with Gasteiger partial charge in [0.05, 0.1) is 11.7 Å².